The third-order valence-electron chi connectivity index (χ3n) is 0.464. The first kappa shape index (κ1) is 16.2. The minimum absolute atomic E-state index is 0. The summed E-state index contributed by atoms with van der Waals surface area (Å²) < 4.78 is 0. The van der Waals surface area contributed by atoms with Gasteiger partial charge in [0.2, 0.25) is 0 Å². The molecule has 0 fully saturated rings. The average Bonchev–Trinajstić information content (AvgIpc) is 1.35. The molecule has 0 radical (unpaired) electrons. The van der Waals surface area contributed by atoms with Crippen LogP contribution < -0.4 is 59.1 Å². The molecule has 0 aliphatic rings. The molecule has 0 bridgehead atoms. The normalized spacial score (nSPS) is 6.12. The van der Waals surface area contributed by atoms with Crippen LogP contribution in [0.4, 0.5) is 0 Å². The molecule has 1 N–H and O–H groups in total. The second-order valence-electron chi connectivity index (χ2n) is 1.14. The summed E-state index contributed by atoms with van der Waals surface area (Å²) in [7, 11) is 0. The van der Waals surface area contributed by atoms with Crippen LogP contribution in [0.3, 0.4) is 0 Å². The van der Waals surface area contributed by atoms with Gasteiger partial charge in [-0.3, -0.25) is 4.79 Å². The first-order valence-corrected chi connectivity index (χ1v) is 1.99. The molecule has 0 unspecified atom stereocenters. The molecule has 40 valence electrons. The van der Waals surface area contributed by atoms with Crippen LogP contribution in [0, 0.1) is 0 Å². The van der Waals surface area contributed by atoms with Gasteiger partial charge in [-0.15, -0.1) is 0 Å². The molecule has 0 aromatic rings. The summed E-state index contributed by atoms with van der Waals surface area (Å²) in [5, 5.41) is 7.91. The molecule has 0 aromatic carbocycles. The predicted octanol–water partition coefficient (Wildman–Crippen LogP) is -4.90. The zero-order chi connectivity index (χ0) is 4.99. The van der Waals surface area contributed by atoms with Gasteiger partial charge in [-0.25, -0.2) is 0 Å². The van der Waals surface area contributed by atoms with Crippen molar-refractivity contribution in [2.24, 2.45) is 0 Å². The van der Waals surface area contributed by atoms with Gasteiger partial charge >= 0.3 is 65.1 Å². The third kappa shape index (κ3) is 15.6. The Kier molecular flexibility index (Phi) is 22.9. The van der Waals surface area contributed by atoms with E-state index in [9.17, 15) is 4.79 Å². The molecule has 0 spiro atoms. The number of hydrogen-bond acceptors (Lipinski definition) is 1. The summed E-state index contributed by atoms with van der Waals surface area (Å²) in [6.07, 6.45) is 1.02. The van der Waals surface area contributed by atoms with Crippen LogP contribution in [0.5, 0.6) is 0 Å². The van der Waals surface area contributed by atoms with Crippen molar-refractivity contribution in [3.8, 4) is 0 Å². The van der Waals surface area contributed by atoms with Crippen LogP contribution in [0.15, 0.2) is 0 Å². The second kappa shape index (κ2) is 11.3. The topological polar surface area (TPSA) is 37.3 Å². The maximum absolute atomic E-state index is 9.60. The molecule has 0 atom stereocenters. The second-order valence-corrected chi connectivity index (χ2v) is 1.14. The van der Waals surface area contributed by atoms with Crippen molar-refractivity contribution in [1.82, 2.24) is 0 Å². The van der Waals surface area contributed by atoms with Gasteiger partial charge in [-0.05, 0) is 6.42 Å². The van der Waals surface area contributed by atoms with E-state index in [-0.39, 0.29) is 62.0 Å². The molecule has 0 heterocycles. The molecule has 2 nitrogen and oxygen atoms in total. The van der Waals surface area contributed by atoms with Crippen molar-refractivity contribution in [3.05, 3.63) is 0 Å². The zero-order valence-corrected chi connectivity index (χ0v) is 9.77. The van der Waals surface area contributed by atoms with Gasteiger partial charge in [0.15, 0.2) is 0 Å². The van der Waals surface area contributed by atoms with Gasteiger partial charge < -0.3 is 7.96 Å². The Balaban J connectivity index is -0.0000000208. The quantitative estimate of drug-likeness (QED) is 0.386. The number of rotatable bonds is 2. The Hall–Kier alpha value is 1.47. The van der Waals surface area contributed by atoms with E-state index < -0.39 is 5.97 Å². The molecule has 0 amide bonds. The van der Waals surface area contributed by atoms with E-state index in [0.29, 0.717) is 6.42 Å². The van der Waals surface area contributed by atoms with Crippen molar-refractivity contribution < 1.29 is 71.9 Å². The zero-order valence-electron chi connectivity index (χ0n) is 7.77. The van der Waals surface area contributed by atoms with Gasteiger partial charge in [0.05, 0.1) is 0 Å². The molecule has 0 aliphatic heterocycles. The Bertz CT molecular complexity index is 63.2. The molecule has 4 heteroatoms. The van der Waals surface area contributed by atoms with Crippen LogP contribution in [0.2, 0.25) is 0 Å². The van der Waals surface area contributed by atoms with Gasteiger partial charge in [-0.2, -0.15) is 0 Å². The maximum Gasteiger partial charge on any atom is 1.00 e. The van der Waals surface area contributed by atoms with Gasteiger partial charge in [0.1, 0.15) is 0 Å². The van der Waals surface area contributed by atoms with E-state index in [1.54, 1.807) is 0 Å². The van der Waals surface area contributed by atoms with Crippen LogP contribution in [-0.2, 0) is 4.79 Å². The first-order valence-electron chi connectivity index (χ1n) is 1.99. The number of carbonyl (C=O) groups is 1. The van der Waals surface area contributed by atoms with E-state index in [1.165, 1.54) is 0 Å². The van der Waals surface area contributed by atoms with Crippen molar-refractivity contribution >= 4 is 5.97 Å². The average molecular weight is 136 g/mol. The first-order chi connectivity index (χ1) is 2.77. The fourth-order valence-electron chi connectivity index (χ4n) is 0.214. The van der Waals surface area contributed by atoms with E-state index in [1.807, 2.05) is 6.92 Å². The van der Waals surface area contributed by atoms with Crippen LogP contribution in [0.1, 0.15) is 22.6 Å². The Labute approximate surface area is 96.6 Å². The number of carboxylic acid groups (broad SMARTS) is 1. The summed E-state index contributed by atoms with van der Waals surface area (Å²) in [5.41, 5.74) is 0. The van der Waals surface area contributed by atoms with E-state index >= 15 is 0 Å². The van der Waals surface area contributed by atoms with Crippen LogP contribution in [0.25, 0.3) is 0 Å². The fraction of sp³-hybridized carbons (Fsp3) is 0.750. The molecule has 0 saturated heterocycles. The fourth-order valence-corrected chi connectivity index (χ4v) is 0.214. The molecule has 0 saturated carbocycles. The maximum atomic E-state index is 9.60. The third-order valence-corrected chi connectivity index (χ3v) is 0.464. The molecule has 0 aromatic heterocycles. The summed E-state index contributed by atoms with van der Waals surface area (Å²) >= 11 is 0. The minimum Gasteiger partial charge on any atom is -1.00 e. The smallest absolute Gasteiger partial charge is 1.00 e. The molecular weight excluding hydrogens is 126 g/mol. The Morgan fingerprint density at radius 1 is 1.62 bits per heavy atom. The minimum atomic E-state index is -0.711. The molecule has 8 heavy (non-hydrogen) atoms. The van der Waals surface area contributed by atoms with E-state index in [0.717, 1.165) is 6.42 Å². The van der Waals surface area contributed by atoms with Crippen molar-refractivity contribution in [1.29, 1.82) is 0 Å². The predicted molar refractivity (Wildman–Crippen MR) is 24.8 cm³/mol. The van der Waals surface area contributed by atoms with Gasteiger partial charge in [-0.1, -0.05) is 6.92 Å². The summed E-state index contributed by atoms with van der Waals surface area (Å²) in [4.78, 5) is 9.60. The standard InChI is InChI=1S/C4H8O2.2Na.2H/c1-2-3-4(5)6;;;;/h2-3H2,1H3,(H,5,6);;;;/q;2*+1;2*-1. The molecule has 0 aliphatic carbocycles. The summed E-state index contributed by atoms with van der Waals surface area (Å²) in [6, 6.07) is 0. The molecular formula is C4H10Na2O2. The van der Waals surface area contributed by atoms with Gasteiger partial charge in [0.25, 0.3) is 0 Å². The van der Waals surface area contributed by atoms with Gasteiger partial charge in [0, 0.05) is 6.42 Å². The van der Waals surface area contributed by atoms with Crippen molar-refractivity contribution in [2.45, 2.75) is 19.8 Å². The number of hydrogen-bond donors (Lipinski definition) is 1. The van der Waals surface area contributed by atoms with Crippen molar-refractivity contribution in [3.63, 3.8) is 0 Å². The largest absolute Gasteiger partial charge is 1.00 e. The summed E-state index contributed by atoms with van der Waals surface area (Å²) in [5.74, 6) is -0.711. The summed E-state index contributed by atoms with van der Waals surface area (Å²) in [6.45, 7) is 1.84. The van der Waals surface area contributed by atoms with Crippen molar-refractivity contribution in [2.75, 3.05) is 0 Å². The number of carboxylic acids is 1. The SMILES string of the molecule is CCCC(=O)O.[H-].[H-].[Na+].[Na+]. The number of aliphatic carboxylic acids is 1. The molecule has 0 rings (SSSR count). The van der Waals surface area contributed by atoms with E-state index in [2.05, 4.69) is 0 Å². The monoisotopic (exact) mass is 136 g/mol. The van der Waals surface area contributed by atoms with E-state index in [4.69, 9.17) is 5.11 Å². The Morgan fingerprint density at radius 3 is 2.00 bits per heavy atom. The Morgan fingerprint density at radius 2 is 2.00 bits per heavy atom. The van der Waals surface area contributed by atoms with Crippen LogP contribution in [-0.4, -0.2) is 11.1 Å². The van der Waals surface area contributed by atoms with Crippen LogP contribution >= 0.6 is 0 Å².